The van der Waals surface area contributed by atoms with Crippen molar-refractivity contribution < 1.29 is 4.74 Å². The summed E-state index contributed by atoms with van der Waals surface area (Å²) < 4.78 is 5.48. The Morgan fingerprint density at radius 2 is 2.09 bits per heavy atom. The van der Waals surface area contributed by atoms with E-state index >= 15 is 0 Å². The second-order valence-electron chi connectivity index (χ2n) is 5.86. The van der Waals surface area contributed by atoms with Gasteiger partial charge < -0.3 is 10.5 Å². The second kappa shape index (κ2) is 5.75. The molecule has 0 aliphatic heterocycles. The summed E-state index contributed by atoms with van der Waals surface area (Å²) in [4.78, 5) is 4.25. The number of nitrogens with zero attached hydrogens (tertiary/aromatic N) is 2. The minimum Gasteiger partial charge on any atom is -0.496 e. The normalized spacial score (nSPS) is 11.1. The number of aromatic amines is 1. The average Bonchev–Trinajstić information content (AvgIpc) is 2.96. The maximum absolute atomic E-state index is 5.92. The molecule has 0 fully saturated rings. The number of ether oxygens (including phenoxy) is 1. The van der Waals surface area contributed by atoms with E-state index in [1.165, 1.54) is 0 Å². The van der Waals surface area contributed by atoms with Crippen LogP contribution in [0.15, 0.2) is 36.5 Å². The Kier molecular flexibility index (Phi) is 3.77. The number of hydrogen-bond donors (Lipinski definition) is 2. The van der Waals surface area contributed by atoms with Crippen molar-refractivity contribution in [1.82, 2.24) is 15.2 Å². The smallest absolute Gasteiger partial charge is 0.181 e. The summed E-state index contributed by atoms with van der Waals surface area (Å²) in [5.74, 6) is 6.89. The topological polar surface area (TPSA) is 76.8 Å². The van der Waals surface area contributed by atoms with Crippen molar-refractivity contribution in [3.63, 3.8) is 0 Å². The number of hydrogen-bond acceptors (Lipinski definition) is 4. The molecule has 0 aliphatic rings. The Labute approximate surface area is 134 Å². The molecule has 0 bridgehead atoms. The molecule has 0 amide bonds. The van der Waals surface area contributed by atoms with Crippen LogP contribution in [0.4, 0.5) is 0 Å². The van der Waals surface area contributed by atoms with E-state index in [4.69, 9.17) is 10.5 Å². The zero-order valence-electron chi connectivity index (χ0n) is 13.3. The van der Waals surface area contributed by atoms with Crippen LogP contribution in [0.5, 0.6) is 5.75 Å². The fourth-order valence-corrected chi connectivity index (χ4v) is 2.27. The van der Waals surface area contributed by atoms with Crippen molar-refractivity contribution in [2.24, 2.45) is 5.73 Å². The third-order valence-corrected chi connectivity index (χ3v) is 3.33. The highest BCUT2D eigenvalue weighted by atomic mass is 16.5. The molecule has 5 nitrogen and oxygen atoms in total. The summed E-state index contributed by atoms with van der Waals surface area (Å²) in [6.45, 7) is 3.75. The van der Waals surface area contributed by atoms with Crippen molar-refractivity contribution in [3.05, 3.63) is 42.1 Å². The number of aromatic nitrogens is 3. The lowest BCUT2D eigenvalue weighted by atomic mass is 10.0. The standard InChI is InChI=1S/C18H18N4O/c1-18(2,19)9-8-12-6-7-15(23-3)14(11-12)16-13-5-4-10-20-17(13)22-21-16/h4-7,10-11H,19H2,1-3H3,(H,20,21,22). The Hall–Kier alpha value is -2.84. The van der Waals surface area contributed by atoms with E-state index in [0.29, 0.717) is 5.65 Å². The Balaban J connectivity index is 2.15. The molecule has 0 atom stereocenters. The van der Waals surface area contributed by atoms with E-state index in [1.54, 1.807) is 13.3 Å². The number of fused-ring (bicyclic) bond motifs is 1. The molecule has 0 unspecified atom stereocenters. The summed E-state index contributed by atoms with van der Waals surface area (Å²) in [6.07, 6.45) is 1.72. The van der Waals surface area contributed by atoms with Crippen LogP contribution in [-0.4, -0.2) is 27.8 Å². The quantitative estimate of drug-likeness (QED) is 0.714. The minimum absolute atomic E-state index is 0.537. The number of rotatable bonds is 2. The van der Waals surface area contributed by atoms with E-state index in [0.717, 1.165) is 28.0 Å². The van der Waals surface area contributed by atoms with Crippen molar-refractivity contribution in [2.75, 3.05) is 7.11 Å². The van der Waals surface area contributed by atoms with Crippen LogP contribution in [-0.2, 0) is 0 Å². The van der Waals surface area contributed by atoms with Gasteiger partial charge in [0.25, 0.3) is 0 Å². The van der Waals surface area contributed by atoms with Gasteiger partial charge in [0.05, 0.1) is 18.3 Å². The van der Waals surface area contributed by atoms with Gasteiger partial charge in [0, 0.05) is 22.7 Å². The molecule has 0 radical (unpaired) electrons. The SMILES string of the molecule is COc1ccc(C#CC(C)(C)N)cc1-c1[nH]nc2ncccc12. The van der Waals surface area contributed by atoms with E-state index in [2.05, 4.69) is 27.0 Å². The maximum Gasteiger partial charge on any atom is 0.181 e. The van der Waals surface area contributed by atoms with Crippen molar-refractivity contribution >= 4 is 11.0 Å². The fraction of sp³-hybridized carbons (Fsp3) is 0.222. The first-order valence-electron chi connectivity index (χ1n) is 7.27. The molecular formula is C18H18N4O. The first-order chi connectivity index (χ1) is 11.0. The molecule has 0 spiro atoms. The van der Waals surface area contributed by atoms with Crippen LogP contribution >= 0.6 is 0 Å². The lowest BCUT2D eigenvalue weighted by Gasteiger charge is -2.09. The molecule has 2 heterocycles. The Morgan fingerprint density at radius 1 is 1.26 bits per heavy atom. The number of nitrogens with one attached hydrogen (secondary N) is 1. The summed E-state index contributed by atoms with van der Waals surface area (Å²) in [5, 5.41) is 8.22. The largest absolute Gasteiger partial charge is 0.496 e. The first-order valence-corrected chi connectivity index (χ1v) is 7.27. The van der Waals surface area contributed by atoms with Crippen molar-refractivity contribution in [1.29, 1.82) is 0 Å². The number of H-pyrrole nitrogens is 1. The van der Waals surface area contributed by atoms with Gasteiger partial charge in [-0.2, -0.15) is 5.10 Å². The fourth-order valence-electron chi connectivity index (χ4n) is 2.27. The second-order valence-corrected chi connectivity index (χ2v) is 5.86. The van der Waals surface area contributed by atoms with Crippen molar-refractivity contribution in [2.45, 2.75) is 19.4 Å². The molecule has 23 heavy (non-hydrogen) atoms. The third-order valence-electron chi connectivity index (χ3n) is 3.33. The Morgan fingerprint density at radius 3 is 2.83 bits per heavy atom. The van der Waals surface area contributed by atoms with Gasteiger partial charge in [-0.15, -0.1) is 0 Å². The van der Waals surface area contributed by atoms with Gasteiger partial charge in [-0.3, -0.25) is 5.10 Å². The Bertz CT molecular complexity index is 910. The van der Waals surface area contributed by atoms with Crippen LogP contribution in [0, 0.1) is 11.8 Å². The van der Waals surface area contributed by atoms with Gasteiger partial charge in [-0.1, -0.05) is 11.8 Å². The lowest BCUT2D eigenvalue weighted by Crippen LogP contribution is -2.29. The highest BCUT2D eigenvalue weighted by Crippen LogP contribution is 2.33. The highest BCUT2D eigenvalue weighted by Gasteiger charge is 2.13. The van der Waals surface area contributed by atoms with E-state index in [9.17, 15) is 0 Å². The predicted molar refractivity (Wildman–Crippen MR) is 91.0 cm³/mol. The summed E-state index contributed by atoms with van der Waals surface area (Å²) in [5.41, 5.74) is 8.68. The zero-order valence-corrected chi connectivity index (χ0v) is 13.3. The molecule has 0 aliphatic carbocycles. The molecule has 0 saturated heterocycles. The molecule has 3 rings (SSSR count). The van der Waals surface area contributed by atoms with Crippen LogP contribution < -0.4 is 10.5 Å². The lowest BCUT2D eigenvalue weighted by molar-refractivity contribution is 0.416. The van der Waals surface area contributed by atoms with E-state index in [-0.39, 0.29) is 0 Å². The van der Waals surface area contributed by atoms with Gasteiger partial charge in [0.1, 0.15) is 5.75 Å². The molecule has 2 aromatic heterocycles. The monoisotopic (exact) mass is 306 g/mol. The molecule has 3 N–H and O–H groups in total. The molecule has 1 aromatic carbocycles. The van der Waals surface area contributed by atoms with Crippen LogP contribution in [0.1, 0.15) is 19.4 Å². The zero-order chi connectivity index (χ0) is 16.4. The van der Waals surface area contributed by atoms with Gasteiger partial charge in [-0.05, 0) is 44.2 Å². The third kappa shape index (κ3) is 3.17. The van der Waals surface area contributed by atoms with Crippen LogP contribution in [0.3, 0.4) is 0 Å². The number of methoxy groups -OCH3 is 1. The summed E-state index contributed by atoms with van der Waals surface area (Å²) in [6, 6.07) is 9.64. The predicted octanol–water partition coefficient (Wildman–Crippen LogP) is 2.72. The first kappa shape index (κ1) is 15.1. The van der Waals surface area contributed by atoms with Gasteiger partial charge in [0.2, 0.25) is 0 Å². The average molecular weight is 306 g/mol. The van der Waals surface area contributed by atoms with Gasteiger partial charge in [-0.25, -0.2) is 4.98 Å². The van der Waals surface area contributed by atoms with E-state index in [1.807, 2.05) is 44.2 Å². The number of pyridine rings is 1. The van der Waals surface area contributed by atoms with Crippen molar-refractivity contribution in [3.8, 4) is 28.8 Å². The van der Waals surface area contributed by atoms with E-state index < -0.39 is 5.54 Å². The summed E-state index contributed by atoms with van der Waals surface area (Å²) >= 11 is 0. The van der Waals surface area contributed by atoms with Crippen LogP contribution in [0.25, 0.3) is 22.3 Å². The molecule has 5 heteroatoms. The molecule has 3 aromatic rings. The summed E-state index contributed by atoms with van der Waals surface area (Å²) in [7, 11) is 1.64. The maximum atomic E-state index is 5.92. The number of nitrogens with two attached hydrogens (primary N) is 1. The van der Waals surface area contributed by atoms with Gasteiger partial charge in [0.15, 0.2) is 5.65 Å². The molecule has 0 saturated carbocycles. The molecular weight excluding hydrogens is 288 g/mol. The highest BCUT2D eigenvalue weighted by molar-refractivity contribution is 5.92. The van der Waals surface area contributed by atoms with Crippen LogP contribution in [0.2, 0.25) is 0 Å². The molecule has 116 valence electrons. The number of benzene rings is 1. The van der Waals surface area contributed by atoms with Gasteiger partial charge >= 0.3 is 0 Å². The minimum atomic E-state index is -0.537.